The molecule has 4 rings (SSSR count). The van der Waals surface area contributed by atoms with Crippen molar-refractivity contribution < 1.29 is 13.9 Å². The van der Waals surface area contributed by atoms with Gasteiger partial charge in [-0.15, -0.1) is 15.3 Å². The summed E-state index contributed by atoms with van der Waals surface area (Å²) in [5.74, 6) is -0.418. The van der Waals surface area contributed by atoms with Crippen molar-refractivity contribution in [2.75, 3.05) is 6.61 Å². The number of nitrogens with zero attached hydrogens (tertiary/aromatic N) is 6. The molecule has 0 unspecified atom stereocenters. The van der Waals surface area contributed by atoms with Crippen LogP contribution >= 0.6 is 0 Å². The van der Waals surface area contributed by atoms with Gasteiger partial charge in [-0.3, -0.25) is 4.79 Å². The lowest BCUT2D eigenvalue weighted by Gasteiger charge is -2.12. The van der Waals surface area contributed by atoms with E-state index in [9.17, 15) is 9.18 Å². The fraction of sp³-hybridized carbons (Fsp3) is 0.167. The lowest BCUT2D eigenvalue weighted by molar-refractivity contribution is -0.123. The van der Waals surface area contributed by atoms with E-state index in [2.05, 4.69) is 25.7 Å². The Hall–Kier alpha value is -3.82. The maximum atomic E-state index is 13.9. The van der Waals surface area contributed by atoms with Gasteiger partial charge < -0.3 is 10.1 Å². The number of aromatic nitrogens is 6. The summed E-state index contributed by atoms with van der Waals surface area (Å²) in [5, 5.41) is 18.7. The molecule has 0 aliphatic carbocycles. The molecule has 0 fully saturated rings. The monoisotopic (exact) mass is 381 g/mol. The molecule has 0 aliphatic heterocycles. The van der Waals surface area contributed by atoms with Crippen LogP contribution in [-0.4, -0.2) is 42.1 Å². The third kappa shape index (κ3) is 3.65. The van der Waals surface area contributed by atoms with E-state index in [1.165, 1.54) is 21.6 Å². The van der Waals surface area contributed by atoms with E-state index in [4.69, 9.17) is 4.74 Å². The number of nitrogens with one attached hydrogen (secondary N) is 1. The van der Waals surface area contributed by atoms with Gasteiger partial charge in [0.1, 0.15) is 17.8 Å². The minimum absolute atomic E-state index is 0.202. The molecule has 9 nitrogen and oxygen atoms in total. The topological polar surface area (TPSA) is 99.2 Å². The first-order chi connectivity index (χ1) is 13.6. The molecule has 3 aromatic heterocycles. The molecule has 0 aliphatic rings. The number of fused-ring (bicyclic) bond motifs is 1. The highest BCUT2D eigenvalue weighted by Crippen LogP contribution is 2.16. The molecule has 4 aromatic rings. The summed E-state index contributed by atoms with van der Waals surface area (Å²) < 4.78 is 22.2. The normalized spacial score (nSPS) is 12.1. The lowest BCUT2D eigenvalue weighted by atomic mass is 10.2. The molecule has 1 aromatic carbocycles. The van der Waals surface area contributed by atoms with Crippen LogP contribution in [0.4, 0.5) is 4.39 Å². The Labute approximate surface area is 158 Å². The van der Waals surface area contributed by atoms with Crippen LogP contribution in [0.3, 0.4) is 0 Å². The van der Waals surface area contributed by atoms with Gasteiger partial charge in [0, 0.05) is 17.8 Å². The standard InChI is InChI=1S/C18H16FN7O2/c1-12(13-8-21-25(9-13)15-5-3-2-4-14(15)19)22-17(27)10-28-18-7-6-16-23-20-11-26(16)24-18/h2-9,11-12H,10H2,1H3,(H,22,27)/t12-/m1/s1. The van der Waals surface area contributed by atoms with Crippen molar-refractivity contribution in [2.24, 2.45) is 0 Å². The number of hydrogen-bond acceptors (Lipinski definition) is 6. The number of carbonyl (C=O) groups excluding carboxylic acids is 1. The van der Waals surface area contributed by atoms with Crippen molar-refractivity contribution in [3.8, 4) is 11.6 Å². The van der Waals surface area contributed by atoms with Gasteiger partial charge in [-0.05, 0) is 25.1 Å². The van der Waals surface area contributed by atoms with Crippen molar-refractivity contribution in [1.82, 2.24) is 34.9 Å². The van der Waals surface area contributed by atoms with E-state index in [-0.39, 0.29) is 30.3 Å². The van der Waals surface area contributed by atoms with Gasteiger partial charge >= 0.3 is 0 Å². The van der Waals surface area contributed by atoms with Crippen molar-refractivity contribution in [3.05, 3.63) is 66.5 Å². The molecule has 1 N–H and O–H groups in total. The Morgan fingerprint density at radius 1 is 1.29 bits per heavy atom. The Balaban J connectivity index is 1.36. The fourth-order valence-electron chi connectivity index (χ4n) is 2.62. The van der Waals surface area contributed by atoms with Gasteiger partial charge in [-0.2, -0.15) is 9.61 Å². The van der Waals surface area contributed by atoms with E-state index in [0.717, 1.165) is 5.56 Å². The van der Waals surface area contributed by atoms with Gasteiger partial charge in [-0.25, -0.2) is 9.07 Å². The fourth-order valence-corrected chi connectivity index (χ4v) is 2.62. The minimum Gasteiger partial charge on any atom is -0.467 e. The number of halogens is 1. The highest BCUT2D eigenvalue weighted by atomic mass is 19.1. The van der Waals surface area contributed by atoms with Gasteiger partial charge in [0.05, 0.1) is 12.2 Å². The number of benzene rings is 1. The minimum atomic E-state index is -0.375. The maximum Gasteiger partial charge on any atom is 0.258 e. The van der Waals surface area contributed by atoms with Crippen molar-refractivity contribution in [2.45, 2.75) is 13.0 Å². The molecule has 10 heteroatoms. The van der Waals surface area contributed by atoms with Crippen LogP contribution in [0.15, 0.2) is 55.1 Å². The second-order valence-electron chi connectivity index (χ2n) is 6.05. The SMILES string of the molecule is C[C@@H](NC(=O)COc1ccc2nncn2n1)c1cnn(-c2ccccc2F)c1. The molecule has 0 saturated carbocycles. The summed E-state index contributed by atoms with van der Waals surface area (Å²) in [5.41, 5.74) is 1.66. The molecule has 142 valence electrons. The van der Waals surface area contributed by atoms with Crippen LogP contribution in [0, 0.1) is 5.82 Å². The van der Waals surface area contributed by atoms with Crippen LogP contribution in [0.5, 0.6) is 5.88 Å². The Kier molecular flexibility index (Phi) is 4.67. The van der Waals surface area contributed by atoms with Gasteiger partial charge in [0.15, 0.2) is 12.3 Å². The first kappa shape index (κ1) is 17.6. The zero-order chi connectivity index (χ0) is 19.5. The molecule has 28 heavy (non-hydrogen) atoms. The Bertz CT molecular complexity index is 1120. The third-order valence-corrected chi connectivity index (χ3v) is 4.07. The van der Waals surface area contributed by atoms with Crippen LogP contribution in [0.1, 0.15) is 18.5 Å². The molecule has 0 spiro atoms. The number of para-hydroxylation sites is 1. The second kappa shape index (κ2) is 7.43. The molecule has 0 bridgehead atoms. The molecular formula is C18H16FN7O2. The number of hydrogen-bond donors (Lipinski definition) is 1. The zero-order valence-electron chi connectivity index (χ0n) is 14.9. The van der Waals surface area contributed by atoms with Crippen molar-refractivity contribution >= 4 is 11.6 Å². The highest BCUT2D eigenvalue weighted by molar-refractivity contribution is 5.77. The van der Waals surface area contributed by atoms with E-state index in [1.807, 2.05) is 6.92 Å². The lowest BCUT2D eigenvalue weighted by Crippen LogP contribution is -2.31. The summed E-state index contributed by atoms with van der Waals surface area (Å²) >= 11 is 0. The number of rotatable bonds is 6. The van der Waals surface area contributed by atoms with Crippen LogP contribution < -0.4 is 10.1 Å². The second-order valence-corrected chi connectivity index (χ2v) is 6.05. The average molecular weight is 381 g/mol. The summed E-state index contributed by atoms with van der Waals surface area (Å²) in [4.78, 5) is 12.2. The van der Waals surface area contributed by atoms with Crippen LogP contribution in [-0.2, 0) is 4.79 Å². The molecule has 1 amide bonds. The summed E-state index contributed by atoms with van der Waals surface area (Å²) in [7, 11) is 0. The summed E-state index contributed by atoms with van der Waals surface area (Å²) in [6.07, 6.45) is 4.70. The van der Waals surface area contributed by atoms with Gasteiger partial charge in [-0.1, -0.05) is 12.1 Å². The largest absolute Gasteiger partial charge is 0.467 e. The van der Waals surface area contributed by atoms with E-state index in [0.29, 0.717) is 11.3 Å². The number of carbonyl (C=O) groups is 1. The van der Waals surface area contributed by atoms with Gasteiger partial charge in [0.25, 0.3) is 5.91 Å². The maximum absolute atomic E-state index is 13.9. The zero-order valence-corrected chi connectivity index (χ0v) is 14.9. The molecular weight excluding hydrogens is 365 g/mol. The number of amides is 1. The van der Waals surface area contributed by atoms with Crippen molar-refractivity contribution in [3.63, 3.8) is 0 Å². The Morgan fingerprint density at radius 3 is 3.00 bits per heavy atom. The van der Waals surface area contributed by atoms with Crippen LogP contribution in [0.2, 0.25) is 0 Å². The molecule has 0 saturated heterocycles. The van der Waals surface area contributed by atoms with E-state index in [1.54, 1.807) is 42.7 Å². The molecule has 3 heterocycles. The van der Waals surface area contributed by atoms with Crippen LogP contribution in [0.25, 0.3) is 11.3 Å². The Morgan fingerprint density at radius 2 is 2.14 bits per heavy atom. The summed E-state index contributed by atoms with van der Waals surface area (Å²) in [6.45, 7) is 1.61. The first-order valence-corrected chi connectivity index (χ1v) is 8.49. The third-order valence-electron chi connectivity index (χ3n) is 4.07. The first-order valence-electron chi connectivity index (χ1n) is 8.49. The molecule has 1 atom stereocenters. The smallest absolute Gasteiger partial charge is 0.258 e. The summed E-state index contributed by atoms with van der Waals surface area (Å²) in [6, 6.07) is 9.31. The number of ether oxygens (including phenoxy) is 1. The predicted octanol–water partition coefficient (Wildman–Crippen LogP) is 1.71. The van der Waals surface area contributed by atoms with E-state index >= 15 is 0 Å². The molecule has 0 radical (unpaired) electrons. The van der Waals surface area contributed by atoms with Gasteiger partial charge in [0.2, 0.25) is 5.88 Å². The predicted molar refractivity (Wildman–Crippen MR) is 96.4 cm³/mol. The van der Waals surface area contributed by atoms with Crippen molar-refractivity contribution in [1.29, 1.82) is 0 Å². The highest BCUT2D eigenvalue weighted by Gasteiger charge is 2.14. The average Bonchev–Trinajstić information content (AvgIpc) is 3.36. The van der Waals surface area contributed by atoms with E-state index < -0.39 is 0 Å². The quantitative estimate of drug-likeness (QED) is 0.546.